The van der Waals surface area contributed by atoms with E-state index in [4.69, 9.17) is 9.47 Å². The quantitative estimate of drug-likeness (QED) is 0.705. The van der Waals surface area contributed by atoms with Gasteiger partial charge in [-0.2, -0.15) is 0 Å². The third-order valence-corrected chi connectivity index (χ3v) is 3.38. The summed E-state index contributed by atoms with van der Waals surface area (Å²) in [7, 11) is 0. The number of nitrogens with one attached hydrogen (secondary N) is 1. The third-order valence-electron chi connectivity index (χ3n) is 3.38. The van der Waals surface area contributed by atoms with E-state index in [1.165, 1.54) is 32.1 Å². The van der Waals surface area contributed by atoms with E-state index in [9.17, 15) is 0 Å². The summed E-state index contributed by atoms with van der Waals surface area (Å²) in [6.45, 7) is 3.51. The topological polar surface area (TPSA) is 30.5 Å². The summed E-state index contributed by atoms with van der Waals surface area (Å²) in [6, 6.07) is 0.752. The fourth-order valence-electron chi connectivity index (χ4n) is 2.44. The van der Waals surface area contributed by atoms with E-state index in [2.05, 4.69) is 5.32 Å². The standard InChI is InChI=1S/C12H23NO2/c1-2-4-11(5-3-1)13-7-9-15-12-6-8-14-10-12/h11-13H,1-10H2. The van der Waals surface area contributed by atoms with Crippen LogP contribution in [0.25, 0.3) is 0 Å². The molecule has 2 rings (SSSR count). The van der Waals surface area contributed by atoms with Gasteiger partial charge in [0.2, 0.25) is 0 Å². The van der Waals surface area contributed by atoms with Gasteiger partial charge in [-0.05, 0) is 19.3 Å². The number of ether oxygens (including phenoxy) is 2. The van der Waals surface area contributed by atoms with E-state index in [-0.39, 0.29) is 0 Å². The monoisotopic (exact) mass is 213 g/mol. The van der Waals surface area contributed by atoms with Gasteiger partial charge in [-0.1, -0.05) is 19.3 Å². The summed E-state index contributed by atoms with van der Waals surface area (Å²) in [5, 5.41) is 3.58. The van der Waals surface area contributed by atoms with E-state index in [0.29, 0.717) is 6.10 Å². The first-order valence-corrected chi connectivity index (χ1v) is 6.38. The lowest BCUT2D eigenvalue weighted by Gasteiger charge is -2.23. The van der Waals surface area contributed by atoms with E-state index >= 15 is 0 Å². The summed E-state index contributed by atoms with van der Waals surface area (Å²) in [4.78, 5) is 0. The fraction of sp³-hybridized carbons (Fsp3) is 1.00. The van der Waals surface area contributed by atoms with Gasteiger partial charge in [0, 0.05) is 19.2 Å². The Balaban J connectivity index is 1.47. The van der Waals surface area contributed by atoms with Crippen LogP contribution in [0.3, 0.4) is 0 Å². The lowest BCUT2D eigenvalue weighted by molar-refractivity contribution is 0.0431. The molecule has 0 aromatic carbocycles. The van der Waals surface area contributed by atoms with Crippen molar-refractivity contribution in [3.8, 4) is 0 Å². The Bertz CT molecular complexity index is 163. The van der Waals surface area contributed by atoms with Crippen molar-refractivity contribution >= 4 is 0 Å². The van der Waals surface area contributed by atoms with Crippen LogP contribution in [0.4, 0.5) is 0 Å². The molecule has 1 saturated carbocycles. The van der Waals surface area contributed by atoms with Crippen LogP contribution < -0.4 is 5.32 Å². The molecule has 3 heteroatoms. The Morgan fingerprint density at radius 1 is 1.13 bits per heavy atom. The van der Waals surface area contributed by atoms with E-state index in [1.807, 2.05) is 0 Å². The SMILES string of the molecule is C1CCC(NCCOC2CCOC2)CC1. The fourth-order valence-corrected chi connectivity index (χ4v) is 2.44. The summed E-state index contributed by atoms with van der Waals surface area (Å²) >= 11 is 0. The molecule has 15 heavy (non-hydrogen) atoms. The molecule has 3 nitrogen and oxygen atoms in total. The van der Waals surface area contributed by atoms with Crippen LogP contribution in [-0.2, 0) is 9.47 Å². The van der Waals surface area contributed by atoms with Gasteiger partial charge < -0.3 is 14.8 Å². The molecule has 0 aromatic heterocycles. The average Bonchev–Trinajstić information content (AvgIpc) is 2.79. The maximum absolute atomic E-state index is 5.71. The summed E-state index contributed by atoms with van der Waals surface area (Å²) in [5.41, 5.74) is 0. The van der Waals surface area contributed by atoms with Gasteiger partial charge in [0.1, 0.15) is 0 Å². The molecular weight excluding hydrogens is 190 g/mol. The molecular formula is C12H23NO2. The highest BCUT2D eigenvalue weighted by Gasteiger charge is 2.16. The van der Waals surface area contributed by atoms with Crippen LogP contribution in [0.5, 0.6) is 0 Å². The van der Waals surface area contributed by atoms with Crippen LogP contribution in [0.1, 0.15) is 38.5 Å². The lowest BCUT2D eigenvalue weighted by atomic mass is 9.96. The molecule has 1 heterocycles. The van der Waals surface area contributed by atoms with Crippen LogP contribution in [-0.4, -0.2) is 38.5 Å². The van der Waals surface area contributed by atoms with Crippen molar-refractivity contribution in [3.05, 3.63) is 0 Å². The molecule has 1 aliphatic carbocycles. The highest BCUT2D eigenvalue weighted by atomic mass is 16.5. The largest absolute Gasteiger partial charge is 0.379 e. The van der Waals surface area contributed by atoms with Crippen molar-refractivity contribution < 1.29 is 9.47 Å². The summed E-state index contributed by atoms with van der Waals surface area (Å²) in [6.07, 6.45) is 8.36. The second kappa shape index (κ2) is 6.46. The molecule has 0 amide bonds. The number of rotatable bonds is 5. The second-order valence-electron chi connectivity index (χ2n) is 4.65. The Morgan fingerprint density at radius 3 is 2.73 bits per heavy atom. The second-order valence-corrected chi connectivity index (χ2v) is 4.65. The van der Waals surface area contributed by atoms with Gasteiger partial charge in [-0.3, -0.25) is 0 Å². The van der Waals surface area contributed by atoms with Crippen molar-refractivity contribution in [1.82, 2.24) is 5.32 Å². The van der Waals surface area contributed by atoms with Gasteiger partial charge >= 0.3 is 0 Å². The summed E-state index contributed by atoms with van der Waals surface area (Å²) < 4.78 is 11.0. The zero-order valence-corrected chi connectivity index (χ0v) is 9.54. The van der Waals surface area contributed by atoms with Crippen molar-refractivity contribution in [2.45, 2.75) is 50.7 Å². The summed E-state index contributed by atoms with van der Waals surface area (Å²) in [5.74, 6) is 0. The number of hydrogen-bond acceptors (Lipinski definition) is 3. The predicted molar refractivity (Wildman–Crippen MR) is 60.1 cm³/mol. The lowest BCUT2D eigenvalue weighted by Crippen LogP contribution is -2.34. The molecule has 1 atom stereocenters. The number of hydrogen-bond donors (Lipinski definition) is 1. The van der Waals surface area contributed by atoms with Crippen LogP contribution in [0.2, 0.25) is 0 Å². The Kier molecular flexibility index (Phi) is 4.90. The van der Waals surface area contributed by atoms with Crippen molar-refractivity contribution in [2.24, 2.45) is 0 Å². The first-order chi connectivity index (χ1) is 7.45. The molecule has 1 aliphatic heterocycles. The Labute approximate surface area is 92.5 Å². The Morgan fingerprint density at radius 2 is 2.00 bits per heavy atom. The average molecular weight is 213 g/mol. The van der Waals surface area contributed by atoms with E-state index in [0.717, 1.165) is 38.8 Å². The molecule has 88 valence electrons. The van der Waals surface area contributed by atoms with Crippen molar-refractivity contribution in [2.75, 3.05) is 26.4 Å². The maximum Gasteiger partial charge on any atom is 0.0831 e. The minimum absolute atomic E-state index is 0.359. The molecule has 0 radical (unpaired) electrons. The van der Waals surface area contributed by atoms with E-state index < -0.39 is 0 Å². The first kappa shape index (κ1) is 11.4. The molecule has 1 unspecified atom stereocenters. The first-order valence-electron chi connectivity index (χ1n) is 6.38. The minimum atomic E-state index is 0.359. The predicted octanol–water partition coefficient (Wildman–Crippen LogP) is 1.71. The maximum atomic E-state index is 5.71. The van der Waals surface area contributed by atoms with Crippen LogP contribution >= 0.6 is 0 Å². The van der Waals surface area contributed by atoms with Crippen molar-refractivity contribution in [3.63, 3.8) is 0 Å². The smallest absolute Gasteiger partial charge is 0.0831 e. The molecule has 2 fully saturated rings. The zero-order valence-electron chi connectivity index (χ0n) is 9.54. The van der Waals surface area contributed by atoms with E-state index in [1.54, 1.807) is 0 Å². The van der Waals surface area contributed by atoms with Crippen LogP contribution in [0.15, 0.2) is 0 Å². The molecule has 0 spiro atoms. The van der Waals surface area contributed by atoms with Gasteiger partial charge in [0.15, 0.2) is 0 Å². The van der Waals surface area contributed by atoms with Crippen LogP contribution in [0, 0.1) is 0 Å². The van der Waals surface area contributed by atoms with Gasteiger partial charge in [0.25, 0.3) is 0 Å². The van der Waals surface area contributed by atoms with Crippen molar-refractivity contribution in [1.29, 1.82) is 0 Å². The highest BCUT2D eigenvalue weighted by molar-refractivity contribution is 4.71. The molecule has 1 N–H and O–H groups in total. The highest BCUT2D eigenvalue weighted by Crippen LogP contribution is 2.17. The zero-order chi connectivity index (χ0) is 10.3. The molecule has 1 saturated heterocycles. The third kappa shape index (κ3) is 4.09. The minimum Gasteiger partial charge on any atom is -0.379 e. The molecule has 0 aromatic rings. The van der Waals surface area contributed by atoms with Gasteiger partial charge in [-0.15, -0.1) is 0 Å². The molecule has 0 bridgehead atoms. The van der Waals surface area contributed by atoms with Gasteiger partial charge in [-0.25, -0.2) is 0 Å². The normalized spacial score (nSPS) is 28.4. The molecule has 2 aliphatic rings. The Hall–Kier alpha value is -0.120. The van der Waals surface area contributed by atoms with Gasteiger partial charge in [0.05, 0.1) is 19.3 Å².